The molecule has 156 valence electrons. The highest BCUT2D eigenvalue weighted by atomic mass is 32.2. The molecular formula is C20H23FN2O5S. The van der Waals surface area contributed by atoms with Crippen LogP contribution < -0.4 is 9.46 Å². The smallest absolute Gasteiger partial charge is 0.263 e. The maximum absolute atomic E-state index is 14.2. The first-order valence-corrected chi connectivity index (χ1v) is 10.2. The van der Waals surface area contributed by atoms with Crippen molar-refractivity contribution in [3.63, 3.8) is 0 Å². The van der Waals surface area contributed by atoms with E-state index >= 15 is 0 Å². The number of nitrogens with zero attached hydrogens (tertiary/aromatic N) is 1. The minimum Gasteiger partial charge on any atom is -0.492 e. The Morgan fingerprint density at radius 2 is 2.07 bits per heavy atom. The van der Waals surface area contributed by atoms with E-state index in [1.807, 2.05) is 0 Å². The van der Waals surface area contributed by atoms with Gasteiger partial charge in [0, 0.05) is 38.0 Å². The largest absolute Gasteiger partial charge is 0.492 e. The lowest BCUT2D eigenvalue weighted by Gasteiger charge is -2.14. The number of nitrogens with one attached hydrogen (secondary N) is 1. The normalized spacial score (nSPS) is 11.9. The third-order valence-corrected chi connectivity index (χ3v) is 5.05. The molecule has 0 bridgehead atoms. The number of ether oxygens (including phenoxy) is 2. The Bertz CT molecular complexity index is 976. The molecule has 2 rings (SSSR count). The van der Waals surface area contributed by atoms with E-state index in [1.165, 1.54) is 36.5 Å². The van der Waals surface area contributed by atoms with Crippen LogP contribution in [-0.4, -0.2) is 45.4 Å². The summed E-state index contributed by atoms with van der Waals surface area (Å²) in [4.78, 5) is 3.74. The molecule has 0 fully saturated rings. The maximum Gasteiger partial charge on any atom is 0.263 e. The fourth-order valence-corrected chi connectivity index (χ4v) is 3.36. The van der Waals surface area contributed by atoms with Crippen molar-refractivity contribution in [1.29, 1.82) is 0 Å². The zero-order valence-electron chi connectivity index (χ0n) is 16.0. The Hall–Kier alpha value is -2.75. The summed E-state index contributed by atoms with van der Waals surface area (Å²) in [5, 5.41) is 9.22. The third-order valence-electron chi connectivity index (χ3n) is 3.72. The molecular weight excluding hydrogens is 399 g/mol. The van der Waals surface area contributed by atoms with Gasteiger partial charge in [-0.25, -0.2) is 12.8 Å². The number of aliphatic hydroxyl groups is 1. The number of sulfonamides is 1. The van der Waals surface area contributed by atoms with Crippen LogP contribution in [0.2, 0.25) is 0 Å². The molecule has 2 aromatic rings. The molecule has 2 N–H and O–H groups in total. The van der Waals surface area contributed by atoms with Gasteiger partial charge < -0.3 is 14.6 Å². The van der Waals surface area contributed by atoms with Gasteiger partial charge >= 0.3 is 0 Å². The van der Waals surface area contributed by atoms with Crippen molar-refractivity contribution in [2.24, 2.45) is 0 Å². The lowest BCUT2D eigenvalue weighted by Crippen LogP contribution is -2.23. The van der Waals surface area contributed by atoms with E-state index in [4.69, 9.17) is 9.47 Å². The summed E-state index contributed by atoms with van der Waals surface area (Å²) in [6.45, 7) is 4.05. The van der Waals surface area contributed by atoms with E-state index in [9.17, 15) is 17.9 Å². The highest BCUT2D eigenvalue weighted by Crippen LogP contribution is 2.22. The summed E-state index contributed by atoms with van der Waals surface area (Å²) in [5.74, 6) is -0.347. The van der Waals surface area contributed by atoms with Crippen molar-refractivity contribution in [2.45, 2.75) is 11.3 Å². The molecule has 9 heteroatoms. The molecule has 0 saturated heterocycles. The number of aliphatic hydroxyl groups excluding tert-OH is 1. The number of hydrogen-bond acceptors (Lipinski definition) is 6. The van der Waals surface area contributed by atoms with Gasteiger partial charge in [0.05, 0.1) is 25.1 Å². The SMILES string of the molecule is C=C(/C=C(\NS(=O)(=O)c1cncc(OCCCOC)c1)c1ccccc1F)CO. The van der Waals surface area contributed by atoms with Gasteiger partial charge in [0.1, 0.15) is 16.5 Å². The highest BCUT2D eigenvalue weighted by Gasteiger charge is 2.19. The molecule has 0 unspecified atom stereocenters. The molecule has 29 heavy (non-hydrogen) atoms. The average molecular weight is 422 g/mol. The van der Waals surface area contributed by atoms with Crippen LogP contribution in [0.1, 0.15) is 12.0 Å². The number of hydrogen-bond donors (Lipinski definition) is 2. The second-order valence-corrected chi connectivity index (χ2v) is 7.69. The maximum atomic E-state index is 14.2. The fourth-order valence-electron chi connectivity index (χ4n) is 2.31. The summed E-state index contributed by atoms with van der Waals surface area (Å²) in [5.41, 5.74) is 0.165. The number of benzene rings is 1. The van der Waals surface area contributed by atoms with Crippen LogP contribution in [0.25, 0.3) is 5.70 Å². The van der Waals surface area contributed by atoms with Gasteiger partial charge in [-0.3, -0.25) is 9.71 Å². The van der Waals surface area contributed by atoms with Crippen LogP contribution >= 0.6 is 0 Å². The standard InChI is InChI=1S/C20H23FN2O5S/c1-15(14-24)10-20(18-6-3-4-7-19(18)21)23-29(25,26)17-11-16(12-22-13-17)28-9-5-8-27-2/h3-4,6-7,10-13,23-24H,1,5,8-9,14H2,2H3/b20-10-. The van der Waals surface area contributed by atoms with Crippen molar-refractivity contribution < 1.29 is 27.4 Å². The van der Waals surface area contributed by atoms with Crippen LogP contribution in [0.15, 0.2) is 65.8 Å². The predicted octanol–water partition coefficient (Wildman–Crippen LogP) is 2.50. The second kappa shape index (κ2) is 10.7. The Morgan fingerprint density at radius 3 is 2.76 bits per heavy atom. The zero-order valence-corrected chi connectivity index (χ0v) is 16.8. The molecule has 0 aliphatic heterocycles. The quantitative estimate of drug-likeness (QED) is 0.427. The van der Waals surface area contributed by atoms with Crippen LogP contribution in [0.5, 0.6) is 5.75 Å². The van der Waals surface area contributed by atoms with E-state index in [0.717, 1.165) is 6.20 Å². The minimum atomic E-state index is -4.11. The zero-order chi connectivity index (χ0) is 21.3. The molecule has 1 aromatic heterocycles. The number of halogens is 1. The summed E-state index contributed by atoms with van der Waals surface area (Å²) in [7, 11) is -2.53. The van der Waals surface area contributed by atoms with E-state index in [0.29, 0.717) is 19.6 Å². The van der Waals surface area contributed by atoms with Gasteiger partial charge in [-0.15, -0.1) is 0 Å². The number of rotatable bonds is 11. The first-order valence-electron chi connectivity index (χ1n) is 8.72. The first-order chi connectivity index (χ1) is 13.9. The molecule has 0 radical (unpaired) electrons. The molecule has 0 spiro atoms. The molecule has 7 nitrogen and oxygen atoms in total. The molecule has 0 atom stereocenters. The van der Waals surface area contributed by atoms with Gasteiger partial charge in [0.2, 0.25) is 0 Å². The fraction of sp³-hybridized carbons (Fsp3) is 0.250. The molecule has 0 aliphatic carbocycles. The van der Waals surface area contributed by atoms with E-state index in [2.05, 4.69) is 16.3 Å². The van der Waals surface area contributed by atoms with Crippen LogP contribution in [0, 0.1) is 5.82 Å². The monoisotopic (exact) mass is 422 g/mol. The number of aromatic nitrogens is 1. The van der Waals surface area contributed by atoms with Gasteiger partial charge in [0.25, 0.3) is 10.0 Å². The van der Waals surface area contributed by atoms with Crippen molar-refractivity contribution in [1.82, 2.24) is 9.71 Å². The van der Waals surface area contributed by atoms with E-state index in [1.54, 1.807) is 13.2 Å². The Labute approximate surface area is 169 Å². The van der Waals surface area contributed by atoms with Gasteiger partial charge in [-0.05, 0) is 23.8 Å². The molecule has 1 aromatic carbocycles. The first kappa shape index (κ1) is 22.5. The highest BCUT2D eigenvalue weighted by molar-refractivity contribution is 7.89. The predicted molar refractivity (Wildman–Crippen MR) is 107 cm³/mol. The average Bonchev–Trinajstić information content (AvgIpc) is 2.71. The lowest BCUT2D eigenvalue weighted by molar-refractivity contribution is 0.172. The molecule has 0 saturated carbocycles. The lowest BCUT2D eigenvalue weighted by atomic mass is 10.1. The summed E-state index contributed by atoms with van der Waals surface area (Å²) >= 11 is 0. The Balaban J connectivity index is 2.30. The topological polar surface area (TPSA) is 97.8 Å². The van der Waals surface area contributed by atoms with Crippen molar-refractivity contribution >= 4 is 15.7 Å². The number of methoxy groups -OCH3 is 1. The van der Waals surface area contributed by atoms with E-state index in [-0.39, 0.29) is 27.5 Å². The van der Waals surface area contributed by atoms with Gasteiger partial charge in [-0.2, -0.15) is 0 Å². The van der Waals surface area contributed by atoms with Crippen molar-refractivity contribution in [2.75, 3.05) is 26.9 Å². The van der Waals surface area contributed by atoms with Crippen LogP contribution in [-0.2, 0) is 14.8 Å². The summed E-state index contributed by atoms with van der Waals surface area (Å²) < 4.78 is 52.7. The molecule has 1 heterocycles. The van der Waals surface area contributed by atoms with Crippen LogP contribution in [0.3, 0.4) is 0 Å². The summed E-state index contributed by atoms with van der Waals surface area (Å²) in [6, 6.07) is 7.00. The van der Waals surface area contributed by atoms with Crippen molar-refractivity contribution in [3.8, 4) is 5.75 Å². The summed E-state index contributed by atoms with van der Waals surface area (Å²) in [6.07, 6.45) is 4.46. The molecule has 0 amide bonds. The Kier molecular flexibility index (Phi) is 8.32. The van der Waals surface area contributed by atoms with Crippen molar-refractivity contribution in [3.05, 3.63) is 72.3 Å². The third kappa shape index (κ3) is 6.67. The number of pyridine rings is 1. The Morgan fingerprint density at radius 1 is 1.31 bits per heavy atom. The van der Waals surface area contributed by atoms with E-state index < -0.39 is 22.4 Å². The second-order valence-electron chi connectivity index (χ2n) is 6.01. The minimum absolute atomic E-state index is 0.0191. The van der Waals surface area contributed by atoms with Crippen LogP contribution in [0.4, 0.5) is 4.39 Å². The van der Waals surface area contributed by atoms with Gasteiger partial charge in [-0.1, -0.05) is 18.7 Å². The van der Waals surface area contributed by atoms with Gasteiger partial charge in [0.15, 0.2) is 0 Å². The molecule has 0 aliphatic rings.